The Bertz CT molecular complexity index is 560. The Hall–Kier alpha value is -1.11. The molecule has 0 aliphatic rings. The van der Waals surface area contributed by atoms with E-state index < -0.39 is 17.7 Å². The molecule has 3 nitrogen and oxygen atoms in total. The van der Waals surface area contributed by atoms with Crippen LogP contribution >= 0.6 is 0 Å². The summed E-state index contributed by atoms with van der Waals surface area (Å²) in [6.45, 7) is 2.22. The Morgan fingerprint density at radius 3 is 1.68 bits per heavy atom. The highest BCUT2D eigenvalue weighted by molar-refractivity contribution is 5.24. The molecule has 0 spiro atoms. The summed E-state index contributed by atoms with van der Waals surface area (Å²) in [5, 5.41) is 0. The first-order chi connectivity index (χ1) is 14.8. The zero-order valence-corrected chi connectivity index (χ0v) is 19.7. The summed E-state index contributed by atoms with van der Waals surface area (Å²) in [4.78, 5) is 0. The Labute approximate surface area is 186 Å². The lowest BCUT2D eigenvalue weighted by molar-refractivity contribution is -0.380. The Balaban J connectivity index is 2.46. The van der Waals surface area contributed by atoms with Gasteiger partial charge >= 0.3 is 6.18 Å². The third-order valence-electron chi connectivity index (χ3n) is 6.06. The maximum absolute atomic E-state index is 12.7. The summed E-state index contributed by atoms with van der Waals surface area (Å²) in [6, 6.07) is 5.48. The molecule has 0 amide bonds. The van der Waals surface area contributed by atoms with Crippen molar-refractivity contribution in [3.05, 3.63) is 35.4 Å². The number of methoxy groups -OCH3 is 3. The minimum absolute atomic E-state index is 0.143. The fourth-order valence-electron chi connectivity index (χ4n) is 4.18. The Kier molecular flexibility index (Phi) is 13.4. The highest BCUT2D eigenvalue weighted by Gasteiger charge is 2.39. The largest absolute Gasteiger partial charge is 0.416 e. The average molecular weight is 447 g/mol. The van der Waals surface area contributed by atoms with Gasteiger partial charge in [0.2, 0.25) is 0 Å². The second-order valence-electron chi connectivity index (χ2n) is 8.26. The molecule has 180 valence electrons. The van der Waals surface area contributed by atoms with E-state index in [0.717, 1.165) is 62.6 Å². The van der Waals surface area contributed by atoms with Gasteiger partial charge < -0.3 is 14.2 Å². The molecule has 1 unspecified atom stereocenters. The van der Waals surface area contributed by atoms with Gasteiger partial charge in [-0.05, 0) is 43.4 Å². The van der Waals surface area contributed by atoms with Crippen molar-refractivity contribution in [1.82, 2.24) is 0 Å². The molecule has 0 N–H and O–H groups in total. The standard InChI is InChI=1S/C25H41F3O3/c1-5-6-7-8-9-12-15-23(25(29-2,30-3)31-4)16-13-10-11-14-21-17-19-22(20-18-21)24(26,27)28/h17-20,23H,5-16H2,1-4H3. The van der Waals surface area contributed by atoms with E-state index in [9.17, 15) is 13.2 Å². The van der Waals surface area contributed by atoms with Crippen LogP contribution in [0.3, 0.4) is 0 Å². The van der Waals surface area contributed by atoms with E-state index in [2.05, 4.69) is 6.92 Å². The third-order valence-corrected chi connectivity index (χ3v) is 6.06. The normalized spacial score (nSPS) is 13.5. The number of aryl methyl sites for hydroxylation is 1. The number of alkyl halides is 3. The first-order valence-electron chi connectivity index (χ1n) is 11.6. The van der Waals surface area contributed by atoms with Gasteiger partial charge in [-0.3, -0.25) is 0 Å². The molecule has 0 aromatic heterocycles. The van der Waals surface area contributed by atoms with Crippen LogP contribution in [0.25, 0.3) is 0 Å². The minimum atomic E-state index is -4.28. The zero-order chi connectivity index (χ0) is 23.2. The predicted octanol–water partition coefficient (Wildman–Crippen LogP) is 7.77. The van der Waals surface area contributed by atoms with E-state index in [1.54, 1.807) is 33.5 Å². The number of benzene rings is 1. The lowest BCUT2D eigenvalue weighted by atomic mass is 9.91. The van der Waals surface area contributed by atoms with Crippen LogP contribution in [0.5, 0.6) is 0 Å². The molecular formula is C25H41F3O3. The van der Waals surface area contributed by atoms with Crippen molar-refractivity contribution in [3.63, 3.8) is 0 Å². The van der Waals surface area contributed by atoms with Gasteiger partial charge in [-0.1, -0.05) is 70.4 Å². The molecule has 0 fully saturated rings. The summed E-state index contributed by atoms with van der Waals surface area (Å²) < 4.78 is 54.9. The Morgan fingerprint density at radius 1 is 0.710 bits per heavy atom. The molecule has 0 radical (unpaired) electrons. The second kappa shape index (κ2) is 14.9. The van der Waals surface area contributed by atoms with E-state index in [4.69, 9.17) is 14.2 Å². The maximum Gasteiger partial charge on any atom is 0.416 e. The molecule has 0 saturated carbocycles. The van der Waals surface area contributed by atoms with Crippen molar-refractivity contribution in [1.29, 1.82) is 0 Å². The smallest absolute Gasteiger partial charge is 0.331 e. The van der Waals surface area contributed by atoms with Crippen LogP contribution in [0.1, 0.15) is 88.7 Å². The van der Waals surface area contributed by atoms with Crippen molar-refractivity contribution in [2.24, 2.45) is 5.92 Å². The molecule has 1 atom stereocenters. The number of halogens is 3. The summed E-state index contributed by atoms with van der Waals surface area (Å²) in [5.41, 5.74) is 0.348. The van der Waals surface area contributed by atoms with Crippen molar-refractivity contribution in [2.75, 3.05) is 21.3 Å². The van der Waals surface area contributed by atoms with Gasteiger partial charge in [0.25, 0.3) is 5.97 Å². The van der Waals surface area contributed by atoms with Gasteiger partial charge in [0.05, 0.1) is 5.56 Å². The highest BCUT2D eigenvalue weighted by Crippen LogP contribution is 2.33. The lowest BCUT2D eigenvalue weighted by Crippen LogP contribution is -2.44. The molecule has 1 aromatic carbocycles. The van der Waals surface area contributed by atoms with E-state index in [0.29, 0.717) is 0 Å². The predicted molar refractivity (Wildman–Crippen MR) is 119 cm³/mol. The van der Waals surface area contributed by atoms with Crippen LogP contribution < -0.4 is 0 Å². The molecule has 31 heavy (non-hydrogen) atoms. The van der Waals surface area contributed by atoms with Gasteiger partial charge in [-0.2, -0.15) is 13.2 Å². The molecule has 1 rings (SSSR count). The van der Waals surface area contributed by atoms with Crippen LogP contribution in [-0.4, -0.2) is 27.3 Å². The molecule has 0 bridgehead atoms. The topological polar surface area (TPSA) is 27.7 Å². The number of ether oxygens (including phenoxy) is 3. The summed E-state index contributed by atoms with van der Waals surface area (Å²) in [7, 11) is 4.85. The molecule has 0 aliphatic carbocycles. The molecule has 0 heterocycles. The molecule has 0 aliphatic heterocycles. The molecule has 6 heteroatoms. The van der Waals surface area contributed by atoms with Crippen LogP contribution in [0.4, 0.5) is 13.2 Å². The number of rotatable bonds is 17. The van der Waals surface area contributed by atoms with Crippen molar-refractivity contribution >= 4 is 0 Å². The summed E-state index contributed by atoms with van der Waals surface area (Å²) in [6.07, 6.45) is 8.77. The van der Waals surface area contributed by atoms with E-state index in [1.165, 1.54) is 32.1 Å². The van der Waals surface area contributed by atoms with Gasteiger partial charge in [0, 0.05) is 27.2 Å². The first-order valence-corrected chi connectivity index (χ1v) is 11.6. The van der Waals surface area contributed by atoms with Gasteiger partial charge in [-0.25, -0.2) is 0 Å². The monoisotopic (exact) mass is 446 g/mol. The van der Waals surface area contributed by atoms with E-state index in [-0.39, 0.29) is 5.92 Å². The fourth-order valence-corrected chi connectivity index (χ4v) is 4.18. The van der Waals surface area contributed by atoms with Gasteiger partial charge in [0.15, 0.2) is 0 Å². The molecular weight excluding hydrogens is 405 g/mol. The third kappa shape index (κ3) is 9.92. The fraction of sp³-hybridized carbons (Fsp3) is 0.760. The summed E-state index contributed by atoms with van der Waals surface area (Å²) >= 11 is 0. The minimum Gasteiger partial charge on any atom is -0.331 e. The maximum atomic E-state index is 12.7. The lowest BCUT2D eigenvalue weighted by Gasteiger charge is -2.36. The van der Waals surface area contributed by atoms with E-state index >= 15 is 0 Å². The second-order valence-corrected chi connectivity index (χ2v) is 8.26. The van der Waals surface area contributed by atoms with Crippen LogP contribution in [0.15, 0.2) is 24.3 Å². The van der Waals surface area contributed by atoms with Crippen LogP contribution in [-0.2, 0) is 26.8 Å². The average Bonchev–Trinajstić information content (AvgIpc) is 2.76. The number of unbranched alkanes of at least 4 members (excludes halogenated alkanes) is 7. The molecule has 0 saturated heterocycles. The summed E-state index contributed by atoms with van der Waals surface area (Å²) in [5.74, 6) is -0.874. The first kappa shape index (κ1) is 27.9. The van der Waals surface area contributed by atoms with Crippen molar-refractivity contribution in [3.8, 4) is 0 Å². The number of hydrogen-bond donors (Lipinski definition) is 0. The SMILES string of the molecule is CCCCCCCCC(CCCCCc1ccc(C(F)(F)F)cc1)C(OC)(OC)OC. The van der Waals surface area contributed by atoms with Crippen molar-refractivity contribution in [2.45, 2.75) is 96.1 Å². The Morgan fingerprint density at radius 2 is 1.19 bits per heavy atom. The van der Waals surface area contributed by atoms with Crippen LogP contribution in [0.2, 0.25) is 0 Å². The van der Waals surface area contributed by atoms with Crippen molar-refractivity contribution < 1.29 is 27.4 Å². The van der Waals surface area contributed by atoms with E-state index in [1.807, 2.05) is 0 Å². The highest BCUT2D eigenvalue weighted by atomic mass is 19.4. The van der Waals surface area contributed by atoms with Gasteiger partial charge in [0.1, 0.15) is 0 Å². The van der Waals surface area contributed by atoms with Crippen LogP contribution in [0, 0.1) is 5.92 Å². The number of hydrogen-bond acceptors (Lipinski definition) is 3. The molecule has 1 aromatic rings. The quantitative estimate of drug-likeness (QED) is 0.181. The van der Waals surface area contributed by atoms with Gasteiger partial charge in [-0.15, -0.1) is 0 Å². The zero-order valence-electron chi connectivity index (χ0n) is 19.7.